The lowest BCUT2D eigenvalue weighted by molar-refractivity contribution is 0.649. The molecule has 29 heavy (non-hydrogen) atoms. The molecule has 6 nitrogen and oxygen atoms in total. The number of pyridine rings is 1. The smallest absolute Gasteiger partial charge is 0.191 e. The first-order valence-electron chi connectivity index (χ1n) is 10.5. The van der Waals surface area contributed by atoms with Crippen molar-refractivity contribution in [3.8, 4) is 0 Å². The van der Waals surface area contributed by atoms with E-state index in [2.05, 4.69) is 69.2 Å². The minimum Gasteiger partial charge on any atom is -0.369 e. The topological polar surface area (TPSA) is 57.0 Å². The monoisotopic (exact) mass is 390 g/mol. The van der Waals surface area contributed by atoms with Gasteiger partial charge < -0.3 is 19.9 Å². The van der Waals surface area contributed by atoms with E-state index in [1.807, 2.05) is 24.4 Å². The first-order valence-corrected chi connectivity index (χ1v) is 10.5. The lowest BCUT2D eigenvalue weighted by atomic mass is 10.2. The molecular formula is C23H30N6. The van der Waals surface area contributed by atoms with Crippen LogP contribution in [0.1, 0.15) is 24.6 Å². The Labute approximate surface area is 172 Å². The Morgan fingerprint density at radius 3 is 2.86 bits per heavy atom. The molecule has 0 radical (unpaired) electrons. The molecule has 1 aromatic carbocycles. The van der Waals surface area contributed by atoms with Crippen LogP contribution in [0.4, 0.5) is 5.69 Å². The maximum atomic E-state index is 4.78. The van der Waals surface area contributed by atoms with Gasteiger partial charge in [0.25, 0.3) is 0 Å². The highest BCUT2D eigenvalue weighted by molar-refractivity contribution is 5.80. The number of nitrogens with one attached hydrogen (secondary N) is 2. The average molecular weight is 391 g/mol. The van der Waals surface area contributed by atoms with Gasteiger partial charge in [0.05, 0.1) is 5.69 Å². The number of hydrogen-bond donors (Lipinski definition) is 2. The number of aromatic nitrogens is 2. The molecule has 1 atom stereocenters. The Kier molecular flexibility index (Phi) is 5.98. The van der Waals surface area contributed by atoms with Crippen LogP contribution in [0.3, 0.4) is 0 Å². The predicted molar refractivity (Wildman–Crippen MR) is 120 cm³/mol. The molecule has 2 N–H and O–H groups in total. The van der Waals surface area contributed by atoms with Crippen LogP contribution >= 0.6 is 0 Å². The Hall–Kier alpha value is -3.02. The summed E-state index contributed by atoms with van der Waals surface area (Å²) in [5, 5.41) is 6.99. The molecule has 3 aromatic rings. The summed E-state index contributed by atoms with van der Waals surface area (Å²) in [6.07, 6.45) is 6.06. The average Bonchev–Trinajstić information content (AvgIpc) is 3.35. The van der Waals surface area contributed by atoms with E-state index in [-0.39, 0.29) is 0 Å². The molecule has 0 saturated carbocycles. The Balaban J connectivity index is 1.33. The molecule has 1 aliphatic rings. The summed E-state index contributed by atoms with van der Waals surface area (Å²) >= 11 is 0. The number of hydrogen-bond acceptors (Lipinski definition) is 3. The number of benzene rings is 1. The van der Waals surface area contributed by atoms with Crippen molar-refractivity contribution < 1.29 is 0 Å². The molecule has 0 aliphatic carbocycles. The van der Waals surface area contributed by atoms with E-state index < -0.39 is 0 Å². The molecule has 1 saturated heterocycles. The van der Waals surface area contributed by atoms with Gasteiger partial charge in [-0.1, -0.05) is 23.8 Å². The van der Waals surface area contributed by atoms with Crippen LogP contribution in [0.15, 0.2) is 59.9 Å². The summed E-state index contributed by atoms with van der Waals surface area (Å²) in [6.45, 7) is 7.87. The molecule has 1 aliphatic heterocycles. The second-order valence-electron chi connectivity index (χ2n) is 7.62. The molecule has 2 aromatic heterocycles. The van der Waals surface area contributed by atoms with Crippen LogP contribution in [0.5, 0.6) is 0 Å². The molecule has 3 heterocycles. The van der Waals surface area contributed by atoms with Crippen molar-refractivity contribution in [2.75, 3.05) is 31.1 Å². The molecule has 1 fully saturated rings. The van der Waals surface area contributed by atoms with Gasteiger partial charge in [0, 0.05) is 56.7 Å². The summed E-state index contributed by atoms with van der Waals surface area (Å²) in [7, 11) is 0. The van der Waals surface area contributed by atoms with Crippen molar-refractivity contribution in [1.29, 1.82) is 0 Å². The fraction of sp³-hybridized carbons (Fsp3) is 0.391. The highest BCUT2D eigenvalue weighted by Crippen LogP contribution is 2.20. The van der Waals surface area contributed by atoms with E-state index in [0.29, 0.717) is 12.6 Å². The van der Waals surface area contributed by atoms with Crippen LogP contribution in [0.2, 0.25) is 0 Å². The van der Waals surface area contributed by atoms with E-state index in [1.165, 1.54) is 11.3 Å². The van der Waals surface area contributed by atoms with Crippen molar-refractivity contribution >= 4 is 17.3 Å². The lowest BCUT2D eigenvalue weighted by Crippen LogP contribution is -2.44. The third-order valence-electron chi connectivity index (χ3n) is 5.32. The fourth-order valence-corrected chi connectivity index (χ4v) is 3.77. The number of anilines is 1. The number of imidazole rings is 1. The van der Waals surface area contributed by atoms with Gasteiger partial charge in [0.1, 0.15) is 5.65 Å². The van der Waals surface area contributed by atoms with E-state index in [9.17, 15) is 0 Å². The number of aliphatic imine (C=N–C) groups is 1. The van der Waals surface area contributed by atoms with Crippen molar-refractivity contribution in [3.63, 3.8) is 0 Å². The minimum atomic E-state index is 0.407. The van der Waals surface area contributed by atoms with Gasteiger partial charge in [0.15, 0.2) is 5.96 Å². The summed E-state index contributed by atoms with van der Waals surface area (Å²) in [4.78, 5) is 11.9. The molecule has 1 unspecified atom stereocenters. The molecule has 0 spiro atoms. The molecule has 152 valence electrons. The Morgan fingerprint density at radius 2 is 2.07 bits per heavy atom. The van der Waals surface area contributed by atoms with Crippen LogP contribution in [-0.2, 0) is 6.42 Å². The highest BCUT2D eigenvalue weighted by atomic mass is 15.2. The fourth-order valence-electron chi connectivity index (χ4n) is 3.77. The highest BCUT2D eigenvalue weighted by Gasteiger charge is 2.23. The first-order chi connectivity index (χ1) is 14.2. The van der Waals surface area contributed by atoms with E-state index in [1.54, 1.807) is 0 Å². The van der Waals surface area contributed by atoms with Gasteiger partial charge in [-0.2, -0.15) is 0 Å². The quantitative estimate of drug-likeness (QED) is 0.502. The molecule has 6 heteroatoms. The molecule has 0 bridgehead atoms. The van der Waals surface area contributed by atoms with Gasteiger partial charge in [0.2, 0.25) is 0 Å². The van der Waals surface area contributed by atoms with Crippen molar-refractivity contribution in [2.45, 2.75) is 32.7 Å². The summed E-state index contributed by atoms with van der Waals surface area (Å²) in [6, 6.07) is 15.3. The first kappa shape index (κ1) is 19.3. The lowest BCUT2D eigenvalue weighted by Gasteiger charge is -2.20. The van der Waals surface area contributed by atoms with E-state index in [0.717, 1.165) is 49.8 Å². The van der Waals surface area contributed by atoms with Gasteiger partial charge in [-0.25, -0.2) is 4.98 Å². The normalized spacial score (nSPS) is 17.1. The zero-order valence-electron chi connectivity index (χ0n) is 17.3. The number of fused-ring (bicyclic) bond motifs is 1. The zero-order chi connectivity index (χ0) is 20.1. The Bertz CT molecular complexity index is 926. The summed E-state index contributed by atoms with van der Waals surface area (Å²) < 4.78 is 2.06. The van der Waals surface area contributed by atoms with Crippen molar-refractivity contribution in [1.82, 2.24) is 20.0 Å². The number of guanidine groups is 1. The van der Waals surface area contributed by atoms with Gasteiger partial charge in [-0.05, 0) is 44.5 Å². The Morgan fingerprint density at radius 1 is 1.21 bits per heavy atom. The summed E-state index contributed by atoms with van der Waals surface area (Å²) in [5.41, 5.74) is 4.66. The van der Waals surface area contributed by atoms with Crippen LogP contribution in [0.25, 0.3) is 5.65 Å². The van der Waals surface area contributed by atoms with E-state index >= 15 is 0 Å². The second kappa shape index (κ2) is 8.99. The summed E-state index contributed by atoms with van der Waals surface area (Å²) in [5.74, 6) is 0.895. The van der Waals surface area contributed by atoms with Crippen molar-refractivity contribution in [2.24, 2.45) is 4.99 Å². The van der Waals surface area contributed by atoms with Gasteiger partial charge >= 0.3 is 0 Å². The number of nitrogens with zero attached hydrogens (tertiary/aromatic N) is 4. The second-order valence-corrected chi connectivity index (χ2v) is 7.62. The standard InChI is InChI=1S/C23H30N6/c1-3-24-23(25-13-11-19-17-29-14-5-4-6-22(29)26-19)27-20-12-15-28(16-20)21-9-7-18(2)8-10-21/h4-10,14,17,20H,3,11-13,15-16H2,1-2H3,(H2,24,25,27). The van der Waals surface area contributed by atoms with Crippen molar-refractivity contribution in [3.05, 3.63) is 66.1 Å². The third kappa shape index (κ3) is 4.88. The SMILES string of the molecule is CCNC(=NCCc1cn2ccccc2n1)NC1CCN(c2ccc(C)cc2)C1. The number of rotatable bonds is 6. The van der Waals surface area contributed by atoms with E-state index in [4.69, 9.17) is 4.99 Å². The third-order valence-corrected chi connectivity index (χ3v) is 5.32. The van der Waals surface area contributed by atoms with Crippen LogP contribution in [0, 0.1) is 6.92 Å². The molecular weight excluding hydrogens is 360 g/mol. The van der Waals surface area contributed by atoms with Gasteiger partial charge in [-0.15, -0.1) is 0 Å². The predicted octanol–water partition coefficient (Wildman–Crippen LogP) is 3.02. The molecule has 4 rings (SSSR count). The maximum Gasteiger partial charge on any atom is 0.191 e. The molecule has 0 amide bonds. The maximum absolute atomic E-state index is 4.78. The number of aryl methyl sites for hydroxylation is 1. The van der Waals surface area contributed by atoms with Crippen LogP contribution in [-0.4, -0.2) is 47.6 Å². The van der Waals surface area contributed by atoms with Crippen LogP contribution < -0.4 is 15.5 Å². The minimum absolute atomic E-state index is 0.407. The largest absolute Gasteiger partial charge is 0.369 e. The zero-order valence-corrected chi connectivity index (χ0v) is 17.3. The van der Waals surface area contributed by atoms with Gasteiger partial charge in [-0.3, -0.25) is 4.99 Å².